The van der Waals surface area contributed by atoms with Gasteiger partial charge in [0.05, 0.1) is 15.4 Å². The van der Waals surface area contributed by atoms with E-state index in [1.807, 2.05) is 19.1 Å². The zero-order valence-corrected chi connectivity index (χ0v) is 15.8. The van der Waals surface area contributed by atoms with Gasteiger partial charge in [0.2, 0.25) is 9.84 Å². The number of hydrogen-bond acceptors (Lipinski definition) is 3. The van der Waals surface area contributed by atoms with Crippen molar-refractivity contribution in [3.63, 3.8) is 0 Å². The highest BCUT2D eigenvalue weighted by molar-refractivity contribution is 7.91. The molecule has 1 aromatic heterocycles. The van der Waals surface area contributed by atoms with Gasteiger partial charge in [-0.15, -0.1) is 0 Å². The third-order valence-corrected chi connectivity index (χ3v) is 6.84. The van der Waals surface area contributed by atoms with Crippen molar-refractivity contribution in [1.82, 2.24) is 10.3 Å². The van der Waals surface area contributed by atoms with E-state index in [9.17, 15) is 13.2 Å². The van der Waals surface area contributed by atoms with E-state index in [1.54, 1.807) is 42.5 Å². The van der Waals surface area contributed by atoms with Crippen molar-refractivity contribution >= 4 is 15.7 Å². The van der Waals surface area contributed by atoms with Crippen LogP contribution in [-0.4, -0.2) is 25.9 Å². The molecule has 6 heteroatoms. The number of aromatic amines is 1. The minimum absolute atomic E-state index is 0.0982. The number of sulfone groups is 1. The van der Waals surface area contributed by atoms with Gasteiger partial charge in [0.25, 0.3) is 5.91 Å². The number of aromatic nitrogens is 1. The molecule has 138 valence electrons. The van der Waals surface area contributed by atoms with Gasteiger partial charge in [-0.3, -0.25) is 4.79 Å². The number of fused-ring (bicyclic) bond motifs is 1. The number of aryl methyl sites for hydroxylation is 1. The van der Waals surface area contributed by atoms with Gasteiger partial charge in [-0.1, -0.05) is 36.4 Å². The Balaban J connectivity index is 1.80. The third kappa shape index (κ3) is 3.06. The monoisotopic (exact) mass is 380 g/mol. The Morgan fingerprint density at radius 3 is 2.48 bits per heavy atom. The van der Waals surface area contributed by atoms with Gasteiger partial charge in [-0.05, 0) is 36.2 Å². The first-order valence-corrected chi connectivity index (χ1v) is 10.3. The standard InChI is InChI=1S/C21H20N2O3S/c1-14-17(20-18(23-14)11-12-22-21(20)24)13-15-7-5-6-10-19(15)27(25,26)16-8-3-2-4-9-16/h2-10,23H,11-13H2,1H3,(H,22,24). The molecular formula is C21H20N2O3S. The van der Waals surface area contributed by atoms with Gasteiger partial charge in [0, 0.05) is 30.8 Å². The predicted molar refractivity (Wildman–Crippen MR) is 103 cm³/mol. The summed E-state index contributed by atoms with van der Waals surface area (Å²) in [5.41, 5.74) is 4.03. The number of carbonyl (C=O) groups is 1. The number of H-pyrrole nitrogens is 1. The summed E-state index contributed by atoms with van der Waals surface area (Å²) in [5, 5.41) is 2.87. The lowest BCUT2D eigenvalue weighted by Crippen LogP contribution is -2.32. The van der Waals surface area contributed by atoms with Crippen LogP contribution in [0, 0.1) is 6.92 Å². The number of nitrogens with one attached hydrogen (secondary N) is 2. The van der Waals surface area contributed by atoms with Crippen LogP contribution >= 0.6 is 0 Å². The average molecular weight is 380 g/mol. The summed E-state index contributed by atoms with van der Waals surface area (Å²) >= 11 is 0. The van der Waals surface area contributed by atoms with Crippen LogP contribution in [0.3, 0.4) is 0 Å². The molecule has 2 aromatic carbocycles. The molecule has 0 radical (unpaired) electrons. The number of hydrogen-bond donors (Lipinski definition) is 2. The quantitative estimate of drug-likeness (QED) is 0.730. The first kappa shape index (κ1) is 17.5. The molecule has 2 N–H and O–H groups in total. The third-order valence-electron chi connectivity index (χ3n) is 4.97. The van der Waals surface area contributed by atoms with Gasteiger partial charge in [0.1, 0.15) is 0 Å². The van der Waals surface area contributed by atoms with Gasteiger partial charge in [-0.25, -0.2) is 8.42 Å². The van der Waals surface area contributed by atoms with E-state index in [0.717, 1.165) is 23.4 Å². The number of amides is 1. The van der Waals surface area contributed by atoms with Crippen LogP contribution in [-0.2, 0) is 22.7 Å². The summed E-state index contributed by atoms with van der Waals surface area (Å²) in [6.45, 7) is 2.54. The lowest BCUT2D eigenvalue weighted by atomic mass is 9.97. The summed E-state index contributed by atoms with van der Waals surface area (Å²) < 4.78 is 26.3. The van der Waals surface area contributed by atoms with Gasteiger partial charge >= 0.3 is 0 Å². The number of rotatable bonds is 4. The van der Waals surface area contributed by atoms with Crippen LogP contribution < -0.4 is 5.32 Å². The number of benzene rings is 2. The second-order valence-corrected chi connectivity index (χ2v) is 8.61. The van der Waals surface area contributed by atoms with Crippen molar-refractivity contribution in [2.24, 2.45) is 0 Å². The summed E-state index contributed by atoms with van der Waals surface area (Å²) in [6.07, 6.45) is 1.14. The Labute approximate surface area is 158 Å². The molecule has 5 nitrogen and oxygen atoms in total. The Morgan fingerprint density at radius 2 is 1.70 bits per heavy atom. The van der Waals surface area contributed by atoms with E-state index in [0.29, 0.717) is 24.1 Å². The Kier molecular flexibility index (Phi) is 4.36. The molecule has 0 saturated heterocycles. The molecule has 27 heavy (non-hydrogen) atoms. The predicted octanol–water partition coefficient (Wildman–Crippen LogP) is 3.03. The van der Waals surface area contributed by atoms with Crippen molar-refractivity contribution in [1.29, 1.82) is 0 Å². The van der Waals surface area contributed by atoms with E-state index in [1.165, 1.54) is 0 Å². The summed E-state index contributed by atoms with van der Waals surface area (Å²) in [7, 11) is -3.63. The van der Waals surface area contributed by atoms with E-state index in [4.69, 9.17) is 0 Å². The molecule has 3 aromatic rings. The van der Waals surface area contributed by atoms with Crippen LogP contribution in [0.2, 0.25) is 0 Å². The van der Waals surface area contributed by atoms with Crippen molar-refractivity contribution < 1.29 is 13.2 Å². The highest BCUT2D eigenvalue weighted by atomic mass is 32.2. The Bertz CT molecular complexity index is 1120. The van der Waals surface area contributed by atoms with Crippen LogP contribution in [0.5, 0.6) is 0 Å². The molecular weight excluding hydrogens is 360 g/mol. The summed E-state index contributed by atoms with van der Waals surface area (Å²) in [4.78, 5) is 16.2. The summed E-state index contributed by atoms with van der Waals surface area (Å²) in [5.74, 6) is -0.0982. The molecule has 0 spiro atoms. The average Bonchev–Trinajstić information content (AvgIpc) is 2.99. The molecule has 2 heterocycles. The normalized spacial score (nSPS) is 13.9. The maximum atomic E-state index is 13.1. The minimum Gasteiger partial charge on any atom is -0.362 e. The fraction of sp³-hybridized carbons (Fsp3) is 0.190. The second-order valence-electron chi connectivity index (χ2n) is 6.69. The molecule has 4 rings (SSSR count). The van der Waals surface area contributed by atoms with Gasteiger partial charge in [0.15, 0.2) is 0 Å². The fourth-order valence-electron chi connectivity index (χ4n) is 3.63. The van der Waals surface area contributed by atoms with Gasteiger partial charge < -0.3 is 10.3 Å². The second kappa shape index (κ2) is 6.70. The fourth-order valence-corrected chi connectivity index (χ4v) is 5.15. The first-order valence-electron chi connectivity index (χ1n) is 8.85. The first-order chi connectivity index (χ1) is 13.0. The lowest BCUT2D eigenvalue weighted by molar-refractivity contribution is 0.0945. The molecule has 0 bridgehead atoms. The van der Waals surface area contributed by atoms with E-state index < -0.39 is 9.84 Å². The molecule has 1 aliphatic heterocycles. The molecule has 0 unspecified atom stereocenters. The minimum atomic E-state index is -3.63. The SMILES string of the molecule is Cc1[nH]c2c(c1Cc1ccccc1S(=O)(=O)c1ccccc1)C(=O)NCC2. The van der Waals surface area contributed by atoms with E-state index in [-0.39, 0.29) is 15.7 Å². The highest BCUT2D eigenvalue weighted by Gasteiger charge is 2.27. The van der Waals surface area contributed by atoms with Gasteiger partial charge in [-0.2, -0.15) is 0 Å². The highest BCUT2D eigenvalue weighted by Crippen LogP contribution is 2.29. The van der Waals surface area contributed by atoms with Crippen molar-refractivity contribution in [3.05, 3.63) is 82.7 Å². The summed E-state index contributed by atoms with van der Waals surface area (Å²) in [6, 6.07) is 15.4. The molecule has 0 fully saturated rings. The van der Waals surface area contributed by atoms with Crippen molar-refractivity contribution in [2.45, 2.75) is 29.6 Å². The topological polar surface area (TPSA) is 79.0 Å². The molecule has 1 aliphatic rings. The zero-order chi connectivity index (χ0) is 19.0. The number of carbonyl (C=O) groups excluding carboxylic acids is 1. The van der Waals surface area contributed by atoms with E-state index in [2.05, 4.69) is 10.3 Å². The van der Waals surface area contributed by atoms with Crippen LogP contribution in [0.4, 0.5) is 0 Å². The van der Waals surface area contributed by atoms with E-state index >= 15 is 0 Å². The smallest absolute Gasteiger partial charge is 0.253 e. The molecule has 0 saturated carbocycles. The van der Waals surface area contributed by atoms with Crippen LogP contribution in [0.15, 0.2) is 64.4 Å². The van der Waals surface area contributed by atoms with Crippen molar-refractivity contribution in [3.8, 4) is 0 Å². The molecule has 0 atom stereocenters. The molecule has 0 aliphatic carbocycles. The maximum absolute atomic E-state index is 13.1. The molecule has 1 amide bonds. The van der Waals surface area contributed by atoms with Crippen LogP contribution in [0.25, 0.3) is 0 Å². The zero-order valence-electron chi connectivity index (χ0n) is 15.0. The maximum Gasteiger partial charge on any atom is 0.253 e. The van der Waals surface area contributed by atoms with Crippen LogP contribution in [0.1, 0.15) is 32.9 Å². The Morgan fingerprint density at radius 1 is 1.00 bits per heavy atom. The lowest BCUT2D eigenvalue weighted by Gasteiger charge is -2.15. The largest absolute Gasteiger partial charge is 0.362 e. The Hall–Kier alpha value is -2.86. The van der Waals surface area contributed by atoms with Crippen molar-refractivity contribution in [2.75, 3.05) is 6.54 Å².